The van der Waals surface area contributed by atoms with E-state index in [4.69, 9.17) is 0 Å². The molecule has 0 saturated carbocycles. The summed E-state index contributed by atoms with van der Waals surface area (Å²) in [6.07, 6.45) is 3.49. The molecule has 5 heteroatoms. The van der Waals surface area contributed by atoms with Crippen molar-refractivity contribution in [2.24, 2.45) is 0 Å². The summed E-state index contributed by atoms with van der Waals surface area (Å²) in [4.78, 5) is 13.5. The smallest absolute Gasteiger partial charge is 0.234 e. The zero-order chi connectivity index (χ0) is 18.8. The van der Waals surface area contributed by atoms with Crippen LogP contribution in [0.3, 0.4) is 0 Å². The zero-order valence-corrected chi connectivity index (χ0v) is 16.5. The molecule has 1 aliphatic rings. The molecule has 0 radical (unpaired) electrons. The number of carbonyl (C=O) groups excluding carboxylic acids is 1. The van der Waals surface area contributed by atoms with Crippen molar-refractivity contribution < 1.29 is 4.79 Å². The van der Waals surface area contributed by atoms with Gasteiger partial charge < -0.3 is 5.32 Å². The normalized spacial score (nSPS) is 12.8. The molecular formula is C22H23N3OS. The van der Waals surface area contributed by atoms with Crippen LogP contribution in [0.4, 0.5) is 5.69 Å². The molecule has 4 nitrogen and oxygen atoms in total. The Hall–Kier alpha value is -2.53. The van der Waals surface area contributed by atoms with Crippen LogP contribution in [0.2, 0.25) is 0 Å². The molecule has 0 aliphatic heterocycles. The lowest BCUT2D eigenvalue weighted by Gasteiger charge is -2.08. The number of hydrogen-bond acceptors (Lipinski definition) is 3. The second-order valence-corrected chi connectivity index (χ2v) is 7.91. The van der Waals surface area contributed by atoms with Crippen molar-refractivity contribution >= 4 is 23.4 Å². The summed E-state index contributed by atoms with van der Waals surface area (Å²) < 4.78 is 1.94. The number of benzene rings is 2. The lowest BCUT2D eigenvalue weighted by Crippen LogP contribution is -2.14. The lowest BCUT2D eigenvalue weighted by molar-refractivity contribution is -0.113. The minimum Gasteiger partial charge on any atom is -0.325 e. The standard InChI is InChI=1S/C22H23N3OS/c1-15-22(16(2)25(24-15)20-9-4-3-5-10-20)27-14-21(26)23-19-12-11-17-7-6-8-18(17)13-19/h3-5,9-13H,6-8,14H2,1-2H3,(H,23,26). The first-order chi connectivity index (χ1) is 13.1. The molecule has 4 rings (SSSR count). The van der Waals surface area contributed by atoms with E-state index in [1.807, 2.05) is 54.9 Å². The Kier molecular flexibility index (Phi) is 5.03. The van der Waals surface area contributed by atoms with Crippen LogP contribution < -0.4 is 5.32 Å². The lowest BCUT2D eigenvalue weighted by atomic mass is 10.1. The van der Waals surface area contributed by atoms with Gasteiger partial charge in [0.25, 0.3) is 0 Å². The number of nitrogens with one attached hydrogen (secondary N) is 1. The Morgan fingerprint density at radius 3 is 2.70 bits per heavy atom. The second kappa shape index (κ2) is 7.61. The van der Waals surface area contributed by atoms with Gasteiger partial charge in [-0.1, -0.05) is 24.3 Å². The van der Waals surface area contributed by atoms with E-state index >= 15 is 0 Å². The topological polar surface area (TPSA) is 46.9 Å². The summed E-state index contributed by atoms with van der Waals surface area (Å²) >= 11 is 1.55. The Morgan fingerprint density at radius 2 is 1.89 bits per heavy atom. The van der Waals surface area contributed by atoms with Crippen molar-refractivity contribution in [2.75, 3.05) is 11.1 Å². The molecule has 0 spiro atoms. The van der Waals surface area contributed by atoms with Crippen LogP contribution in [-0.2, 0) is 17.6 Å². The van der Waals surface area contributed by atoms with Crippen LogP contribution in [0.5, 0.6) is 0 Å². The summed E-state index contributed by atoms with van der Waals surface area (Å²) in [6, 6.07) is 16.3. The highest BCUT2D eigenvalue weighted by Crippen LogP contribution is 2.29. The Balaban J connectivity index is 1.43. The number of thioether (sulfide) groups is 1. The third-order valence-electron chi connectivity index (χ3n) is 4.96. The molecule has 3 aromatic rings. The summed E-state index contributed by atoms with van der Waals surface area (Å²) in [5.74, 6) is 0.392. The molecule has 1 N–H and O–H groups in total. The molecule has 138 valence electrons. The molecule has 2 aromatic carbocycles. The molecule has 0 saturated heterocycles. The van der Waals surface area contributed by atoms with E-state index in [2.05, 4.69) is 22.5 Å². The number of aromatic nitrogens is 2. The van der Waals surface area contributed by atoms with Crippen molar-refractivity contribution in [3.8, 4) is 5.69 Å². The monoisotopic (exact) mass is 377 g/mol. The minimum absolute atomic E-state index is 0.0178. The second-order valence-electron chi connectivity index (χ2n) is 6.92. The molecule has 1 aliphatic carbocycles. The van der Waals surface area contributed by atoms with Gasteiger partial charge in [0.15, 0.2) is 0 Å². The van der Waals surface area contributed by atoms with Gasteiger partial charge in [-0.2, -0.15) is 5.10 Å². The first-order valence-corrected chi connectivity index (χ1v) is 10.3. The quantitative estimate of drug-likeness (QED) is 0.655. The van der Waals surface area contributed by atoms with Crippen LogP contribution in [0, 0.1) is 13.8 Å². The number of aryl methyl sites for hydroxylation is 3. The van der Waals surface area contributed by atoms with Crippen LogP contribution in [-0.4, -0.2) is 21.4 Å². The summed E-state index contributed by atoms with van der Waals surface area (Å²) in [5, 5.41) is 7.68. The number of hydrogen-bond donors (Lipinski definition) is 1. The van der Waals surface area contributed by atoms with Crippen molar-refractivity contribution in [1.82, 2.24) is 9.78 Å². The van der Waals surface area contributed by atoms with Gasteiger partial charge >= 0.3 is 0 Å². The van der Waals surface area contributed by atoms with Gasteiger partial charge in [0.1, 0.15) is 0 Å². The van der Waals surface area contributed by atoms with E-state index in [9.17, 15) is 4.79 Å². The highest BCUT2D eigenvalue weighted by molar-refractivity contribution is 8.00. The van der Waals surface area contributed by atoms with E-state index in [0.29, 0.717) is 5.75 Å². The predicted octanol–water partition coefficient (Wildman–Crippen LogP) is 4.71. The number of rotatable bonds is 5. The van der Waals surface area contributed by atoms with Crippen LogP contribution in [0.1, 0.15) is 28.9 Å². The molecular weight excluding hydrogens is 354 g/mol. The SMILES string of the molecule is Cc1nn(-c2ccccc2)c(C)c1SCC(=O)Nc1ccc2c(c1)CCC2. The van der Waals surface area contributed by atoms with Crippen molar-refractivity contribution in [3.05, 3.63) is 71.0 Å². The fourth-order valence-electron chi connectivity index (χ4n) is 3.64. The number of amides is 1. The number of nitrogens with zero attached hydrogens (tertiary/aromatic N) is 2. The molecule has 27 heavy (non-hydrogen) atoms. The minimum atomic E-state index is 0.0178. The number of carbonyl (C=O) groups is 1. The van der Waals surface area contributed by atoms with Gasteiger partial charge in [0.05, 0.1) is 27.7 Å². The van der Waals surface area contributed by atoms with Crippen LogP contribution >= 0.6 is 11.8 Å². The summed E-state index contributed by atoms with van der Waals surface area (Å²) in [5.41, 5.74) is 6.74. The maximum absolute atomic E-state index is 12.4. The van der Waals surface area contributed by atoms with Gasteiger partial charge in [-0.15, -0.1) is 11.8 Å². The first-order valence-electron chi connectivity index (χ1n) is 9.28. The molecule has 0 unspecified atom stereocenters. The third kappa shape index (κ3) is 3.78. The van der Waals surface area contributed by atoms with Gasteiger partial charge in [0.2, 0.25) is 5.91 Å². The Morgan fingerprint density at radius 1 is 1.11 bits per heavy atom. The van der Waals surface area contributed by atoms with E-state index in [1.165, 1.54) is 17.5 Å². The van der Waals surface area contributed by atoms with Crippen molar-refractivity contribution in [3.63, 3.8) is 0 Å². The maximum atomic E-state index is 12.4. The van der Waals surface area contributed by atoms with Crippen molar-refractivity contribution in [2.45, 2.75) is 38.0 Å². The fourth-order valence-corrected chi connectivity index (χ4v) is 4.53. The van der Waals surface area contributed by atoms with E-state index in [-0.39, 0.29) is 5.91 Å². The molecule has 1 aromatic heterocycles. The maximum Gasteiger partial charge on any atom is 0.234 e. The van der Waals surface area contributed by atoms with Gasteiger partial charge in [-0.05, 0) is 68.5 Å². The summed E-state index contributed by atoms with van der Waals surface area (Å²) in [7, 11) is 0. The van der Waals surface area contributed by atoms with Crippen LogP contribution in [0.25, 0.3) is 5.69 Å². The molecule has 1 amide bonds. The highest BCUT2D eigenvalue weighted by Gasteiger charge is 2.16. The zero-order valence-electron chi connectivity index (χ0n) is 15.7. The van der Waals surface area contributed by atoms with E-state index in [0.717, 1.165) is 40.5 Å². The third-order valence-corrected chi connectivity index (χ3v) is 6.24. The molecule has 0 bridgehead atoms. The number of fused-ring (bicyclic) bond motifs is 1. The molecule has 1 heterocycles. The van der Waals surface area contributed by atoms with Gasteiger partial charge in [-0.3, -0.25) is 4.79 Å². The predicted molar refractivity (Wildman–Crippen MR) is 111 cm³/mol. The Bertz CT molecular complexity index is 979. The number of anilines is 1. The molecule has 0 fully saturated rings. The summed E-state index contributed by atoms with van der Waals surface area (Å²) in [6.45, 7) is 4.04. The number of para-hydroxylation sites is 1. The largest absolute Gasteiger partial charge is 0.325 e. The Labute approximate surface area is 164 Å². The van der Waals surface area contributed by atoms with Crippen molar-refractivity contribution in [1.29, 1.82) is 0 Å². The van der Waals surface area contributed by atoms with Crippen LogP contribution in [0.15, 0.2) is 53.4 Å². The molecule has 0 atom stereocenters. The van der Waals surface area contributed by atoms with E-state index in [1.54, 1.807) is 11.8 Å². The fraction of sp³-hybridized carbons (Fsp3) is 0.273. The van der Waals surface area contributed by atoms with Gasteiger partial charge in [-0.25, -0.2) is 4.68 Å². The van der Waals surface area contributed by atoms with Gasteiger partial charge in [0, 0.05) is 5.69 Å². The first kappa shape index (κ1) is 17.9. The van der Waals surface area contributed by atoms with E-state index < -0.39 is 0 Å². The average molecular weight is 378 g/mol. The average Bonchev–Trinajstić information content (AvgIpc) is 3.25. The highest BCUT2D eigenvalue weighted by atomic mass is 32.2.